The highest BCUT2D eigenvalue weighted by atomic mass is 19.4. The molecule has 1 aliphatic heterocycles. The van der Waals surface area contributed by atoms with Gasteiger partial charge in [-0.25, -0.2) is 0 Å². The topological polar surface area (TPSA) is 43.3 Å². The molecule has 1 aromatic rings. The number of carbonyl (C=O) groups is 1. The van der Waals surface area contributed by atoms with Crippen molar-refractivity contribution in [3.63, 3.8) is 0 Å². The molecule has 7 heteroatoms. The molecule has 0 radical (unpaired) electrons. The highest BCUT2D eigenvalue weighted by Gasteiger charge is 2.43. The summed E-state index contributed by atoms with van der Waals surface area (Å²) in [6.45, 7) is 2.35. The molecule has 1 saturated heterocycles. The van der Waals surface area contributed by atoms with Crippen LogP contribution >= 0.6 is 0 Å². The fraction of sp³-hybridized carbons (Fsp3) is 0.667. The minimum absolute atomic E-state index is 0.0439. The third-order valence-electron chi connectivity index (χ3n) is 4.00. The van der Waals surface area contributed by atoms with E-state index in [1.54, 1.807) is 7.05 Å². The molecule has 2 heterocycles. The summed E-state index contributed by atoms with van der Waals surface area (Å²) in [4.78, 5) is 12.2. The first-order chi connectivity index (χ1) is 10.3. The van der Waals surface area contributed by atoms with Crippen molar-refractivity contribution in [1.29, 1.82) is 0 Å². The van der Waals surface area contributed by atoms with Crippen molar-refractivity contribution in [2.75, 3.05) is 6.61 Å². The van der Waals surface area contributed by atoms with E-state index in [0.29, 0.717) is 19.4 Å². The number of amides is 1. The van der Waals surface area contributed by atoms with Crippen LogP contribution in [0.3, 0.4) is 0 Å². The van der Waals surface area contributed by atoms with Crippen LogP contribution in [0.25, 0.3) is 0 Å². The molecule has 3 unspecified atom stereocenters. The lowest BCUT2D eigenvalue weighted by Gasteiger charge is -2.30. The van der Waals surface area contributed by atoms with E-state index in [1.807, 2.05) is 6.92 Å². The zero-order valence-corrected chi connectivity index (χ0v) is 12.7. The first kappa shape index (κ1) is 16.9. The van der Waals surface area contributed by atoms with Crippen molar-refractivity contribution < 1.29 is 22.7 Å². The second kappa shape index (κ2) is 6.73. The van der Waals surface area contributed by atoms with Gasteiger partial charge in [0.05, 0.1) is 6.10 Å². The molecule has 1 fully saturated rings. The van der Waals surface area contributed by atoms with Crippen molar-refractivity contribution in [3.8, 4) is 0 Å². The first-order valence-corrected chi connectivity index (χ1v) is 7.41. The molecule has 1 N–H and O–H groups in total. The Morgan fingerprint density at radius 3 is 2.82 bits per heavy atom. The van der Waals surface area contributed by atoms with Gasteiger partial charge in [0.2, 0.25) is 5.91 Å². The average Bonchev–Trinajstić information content (AvgIpc) is 2.89. The second-order valence-corrected chi connectivity index (χ2v) is 5.72. The lowest BCUT2D eigenvalue weighted by atomic mass is 9.93. The van der Waals surface area contributed by atoms with Crippen molar-refractivity contribution in [1.82, 2.24) is 9.88 Å². The number of aromatic nitrogens is 1. The summed E-state index contributed by atoms with van der Waals surface area (Å²) in [6.07, 6.45) is 0.0190. The Morgan fingerprint density at radius 2 is 2.27 bits per heavy atom. The highest BCUT2D eigenvalue weighted by Crippen LogP contribution is 2.33. The fourth-order valence-corrected chi connectivity index (χ4v) is 2.71. The lowest BCUT2D eigenvalue weighted by Crippen LogP contribution is -2.43. The molecular weight excluding hydrogens is 297 g/mol. The quantitative estimate of drug-likeness (QED) is 0.927. The molecule has 0 spiro atoms. The van der Waals surface area contributed by atoms with Gasteiger partial charge in [-0.2, -0.15) is 13.2 Å². The SMILES string of the molecule is CCC1CC(C(=O)NC(c2ccn(C)c2)C(F)(F)F)CCO1. The van der Waals surface area contributed by atoms with Gasteiger partial charge in [-0.1, -0.05) is 6.92 Å². The molecule has 0 aliphatic carbocycles. The zero-order chi connectivity index (χ0) is 16.3. The van der Waals surface area contributed by atoms with Gasteiger partial charge in [0, 0.05) is 37.5 Å². The number of aryl methyl sites for hydroxylation is 1. The summed E-state index contributed by atoms with van der Waals surface area (Å²) in [5.41, 5.74) is 0.0439. The van der Waals surface area contributed by atoms with Crippen molar-refractivity contribution in [3.05, 3.63) is 24.0 Å². The van der Waals surface area contributed by atoms with Gasteiger partial charge in [0.1, 0.15) is 0 Å². The molecule has 1 aromatic heterocycles. The van der Waals surface area contributed by atoms with Crippen LogP contribution in [0.1, 0.15) is 37.8 Å². The number of alkyl halides is 3. The monoisotopic (exact) mass is 318 g/mol. The zero-order valence-electron chi connectivity index (χ0n) is 12.7. The van der Waals surface area contributed by atoms with Crippen LogP contribution < -0.4 is 5.32 Å². The summed E-state index contributed by atoms with van der Waals surface area (Å²) in [6, 6.07) is -0.596. The molecule has 1 aliphatic rings. The highest BCUT2D eigenvalue weighted by molar-refractivity contribution is 5.79. The summed E-state index contributed by atoms with van der Waals surface area (Å²) >= 11 is 0. The number of ether oxygens (including phenoxy) is 1. The van der Waals surface area contributed by atoms with E-state index >= 15 is 0 Å². The average molecular weight is 318 g/mol. The van der Waals surface area contributed by atoms with E-state index in [1.165, 1.54) is 23.0 Å². The van der Waals surface area contributed by atoms with Gasteiger partial charge in [-0.05, 0) is 25.3 Å². The van der Waals surface area contributed by atoms with E-state index in [0.717, 1.165) is 6.42 Å². The molecular formula is C15H21F3N2O2. The molecule has 2 rings (SSSR count). The minimum Gasteiger partial charge on any atom is -0.378 e. The maximum absolute atomic E-state index is 13.2. The minimum atomic E-state index is -4.52. The van der Waals surface area contributed by atoms with Gasteiger partial charge >= 0.3 is 6.18 Å². The molecule has 3 atom stereocenters. The van der Waals surface area contributed by atoms with Crippen molar-refractivity contribution in [2.24, 2.45) is 13.0 Å². The van der Waals surface area contributed by atoms with Crippen LogP contribution in [0.5, 0.6) is 0 Å². The Hall–Kier alpha value is -1.50. The van der Waals surface area contributed by atoms with Crippen molar-refractivity contribution in [2.45, 2.75) is 44.5 Å². The summed E-state index contributed by atoms with van der Waals surface area (Å²) in [5, 5.41) is 2.17. The van der Waals surface area contributed by atoms with Crippen LogP contribution in [-0.2, 0) is 16.6 Å². The number of nitrogens with one attached hydrogen (secondary N) is 1. The van der Waals surface area contributed by atoms with Crippen molar-refractivity contribution >= 4 is 5.91 Å². The Morgan fingerprint density at radius 1 is 1.55 bits per heavy atom. The van der Waals surface area contributed by atoms with Gasteiger partial charge < -0.3 is 14.6 Å². The van der Waals surface area contributed by atoms with Gasteiger partial charge in [-0.3, -0.25) is 4.79 Å². The molecule has 0 saturated carbocycles. The number of rotatable bonds is 4. The Balaban J connectivity index is 2.08. The molecule has 4 nitrogen and oxygen atoms in total. The standard InChI is InChI=1S/C15H21F3N2O2/c1-3-12-8-10(5-7-22-12)14(21)19-13(15(16,17)18)11-4-6-20(2)9-11/h4,6,9-10,12-13H,3,5,7-8H2,1-2H3,(H,19,21). The Kier molecular flexibility index (Phi) is 5.16. The maximum Gasteiger partial charge on any atom is 0.412 e. The van der Waals surface area contributed by atoms with Crippen LogP contribution in [0.4, 0.5) is 13.2 Å². The second-order valence-electron chi connectivity index (χ2n) is 5.72. The molecule has 124 valence electrons. The predicted molar refractivity (Wildman–Crippen MR) is 75.1 cm³/mol. The van der Waals surface area contributed by atoms with E-state index in [-0.39, 0.29) is 11.7 Å². The third-order valence-corrected chi connectivity index (χ3v) is 4.00. The number of carbonyl (C=O) groups excluding carboxylic acids is 1. The lowest BCUT2D eigenvalue weighted by molar-refractivity contribution is -0.166. The number of hydrogen-bond acceptors (Lipinski definition) is 2. The van der Waals surface area contributed by atoms with E-state index in [4.69, 9.17) is 4.74 Å². The fourth-order valence-electron chi connectivity index (χ4n) is 2.71. The van der Waals surface area contributed by atoms with Crippen LogP contribution in [0, 0.1) is 5.92 Å². The molecule has 0 aromatic carbocycles. The van der Waals surface area contributed by atoms with Crippen LogP contribution in [0.15, 0.2) is 18.5 Å². The third kappa shape index (κ3) is 4.03. The normalized spacial score (nSPS) is 24.0. The summed E-state index contributed by atoms with van der Waals surface area (Å²) < 4.78 is 46.7. The molecule has 0 bridgehead atoms. The van der Waals surface area contributed by atoms with E-state index in [2.05, 4.69) is 5.32 Å². The number of hydrogen-bond donors (Lipinski definition) is 1. The van der Waals surface area contributed by atoms with Gasteiger partial charge in [-0.15, -0.1) is 0 Å². The summed E-state index contributed by atoms with van der Waals surface area (Å²) in [7, 11) is 1.64. The maximum atomic E-state index is 13.2. The number of halogens is 3. The van der Waals surface area contributed by atoms with Crippen LogP contribution in [-0.4, -0.2) is 29.4 Å². The summed E-state index contributed by atoms with van der Waals surface area (Å²) in [5.74, 6) is -0.972. The van der Waals surface area contributed by atoms with E-state index < -0.39 is 24.0 Å². The first-order valence-electron chi connectivity index (χ1n) is 7.41. The van der Waals surface area contributed by atoms with Gasteiger partial charge in [0.25, 0.3) is 0 Å². The molecule has 1 amide bonds. The Labute approximate surface area is 127 Å². The molecule has 22 heavy (non-hydrogen) atoms. The largest absolute Gasteiger partial charge is 0.412 e. The predicted octanol–water partition coefficient (Wildman–Crippen LogP) is 2.95. The van der Waals surface area contributed by atoms with E-state index in [9.17, 15) is 18.0 Å². The Bertz CT molecular complexity index is 513. The van der Waals surface area contributed by atoms with Gasteiger partial charge in [0.15, 0.2) is 6.04 Å². The smallest absolute Gasteiger partial charge is 0.378 e. The number of nitrogens with zero attached hydrogens (tertiary/aromatic N) is 1. The van der Waals surface area contributed by atoms with Crippen LogP contribution in [0.2, 0.25) is 0 Å².